The van der Waals surface area contributed by atoms with Crippen LogP contribution in [0.3, 0.4) is 0 Å². The summed E-state index contributed by atoms with van der Waals surface area (Å²) in [7, 11) is 1.19. The summed E-state index contributed by atoms with van der Waals surface area (Å²) in [6.45, 7) is 0.190. The Morgan fingerprint density at radius 3 is 2.55 bits per heavy atom. The van der Waals surface area contributed by atoms with Gasteiger partial charge in [-0.15, -0.1) is 0 Å². The van der Waals surface area contributed by atoms with Gasteiger partial charge in [-0.2, -0.15) is 0 Å². The Morgan fingerprint density at radius 1 is 1.27 bits per heavy atom. The lowest BCUT2D eigenvalue weighted by Crippen LogP contribution is -2.45. The van der Waals surface area contributed by atoms with E-state index >= 15 is 0 Å². The molecule has 0 saturated carbocycles. The second kappa shape index (κ2) is 6.93. The highest BCUT2D eigenvalue weighted by Gasteiger charge is 2.46. The van der Waals surface area contributed by atoms with Crippen molar-refractivity contribution in [3.63, 3.8) is 0 Å². The first-order valence-electron chi connectivity index (χ1n) is 6.82. The van der Waals surface area contributed by atoms with E-state index in [9.17, 15) is 19.5 Å². The summed E-state index contributed by atoms with van der Waals surface area (Å²) in [5.74, 6) is -2.75. The van der Waals surface area contributed by atoms with Crippen LogP contribution in [0.5, 0.6) is 0 Å². The van der Waals surface area contributed by atoms with Crippen molar-refractivity contribution in [3.8, 4) is 0 Å². The molecule has 22 heavy (non-hydrogen) atoms. The fourth-order valence-corrected chi connectivity index (χ4v) is 2.50. The van der Waals surface area contributed by atoms with E-state index in [-0.39, 0.29) is 19.6 Å². The average Bonchev–Trinajstić information content (AvgIpc) is 2.98. The van der Waals surface area contributed by atoms with Gasteiger partial charge in [-0.25, -0.2) is 9.59 Å². The number of aliphatic carboxylic acids is 1. The fraction of sp³-hybridized carbons (Fsp3) is 0.400. The maximum absolute atomic E-state index is 12.1. The van der Waals surface area contributed by atoms with E-state index in [1.54, 1.807) is 12.1 Å². The molecule has 7 heteroatoms. The number of hydrogen-bond donors (Lipinski definition) is 1. The molecule has 1 aromatic rings. The Bertz CT molecular complexity index is 558. The first-order valence-corrected chi connectivity index (χ1v) is 6.82. The first kappa shape index (κ1) is 15.8. The van der Waals surface area contributed by atoms with Gasteiger partial charge in [0.1, 0.15) is 12.6 Å². The van der Waals surface area contributed by atoms with Gasteiger partial charge in [-0.3, -0.25) is 9.69 Å². The molecule has 0 spiro atoms. The van der Waals surface area contributed by atoms with E-state index in [0.29, 0.717) is 0 Å². The van der Waals surface area contributed by atoms with Gasteiger partial charge in [0.15, 0.2) is 0 Å². The summed E-state index contributed by atoms with van der Waals surface area (Å²) in [5.41, 5.74) is 0.798. The SMILES string of the molecule is COC(=O)[C@H]1CCN(C(=O)OCc2ccccc2)[C@H]1C(=O)O. The van der Waals surface area contributed by atoms with Crippen molar-refractivity contribution in [2.24, 2.45) is 5.92 Å². The molecular formula is C15H17NO6. The van der Waals surface area contributed by atoms with Crippen molar-refractivity contribution in [3.05, 3.63) is 35.9 Å². The van der Waals surface area contributed by atoms with Gasteiger partial charge in [-0.1, -0.05) is 30.3 Å². The van der Waals surface area contributed by atoms with Gasteiger partial charge in [0.2, 0.25) is 0 Å². The molecule has 0 bridgehead atoms. The van der Waals surface area contributed by atoms with Crippen molar-refractivity contribution >= 4 is 18.0 Å². The number of methoxy groups -OCH3 is 1. The molecule has 1 aliphatic heterocycles. The minimum atomic E-state index is -1.25. The fourth-order valence-electron chi connectivity index (χ4n) is 2.50. The van der Waals surface area contributed by atoms with Crippen molar-refractivity contribution in [1.82, 2.24) is 4.90 Å². The van der Waals surface area contributed by atoms with Crippen LogP contribution in [-0.2, 0) is 25.7 Å². The van der Waals surface area contributed by atoms with Crippen molar-refractivity contribution in [2.75, 3.05) is 13.7 Å². The standard InChI is InChI=1S/C15H17NO6/c1-21-14(19)11-7-8-16(12(11)13(17)18)15(20)22-9-10-5-3-2-4-6-10/h2-6,11-12H,7-9H2,1H3,(H,17,18)/t11-,12+/m0/s1. The van der Waals surface area contributed by atoms with E-state index < -0.39 is 30.0 Å². The van der Waals surface area contributed by atoms with Crippen LogP contribution in [0, 0.1) is 5.92 Å². The van der Waals surface area contributed by atoms with E-state index in [0.717, 1.165) is 10.5 Å². The zero-order chi connectivity index (χ0) is 16.1. The van der Waals surface area contributed by atoms with E-state index in [4.69, 9.17) is 4.74 Å². The van der Waals surface area contributed by atoms with E-state index in [1.807, 2.05) is 18.2 Å². The predicted molar refractivity (Wildman–Crippen MR) is 74.9 cm³/mol. The largest absolute Gasteiger partial charge is 0.480 e. The Morgan fingerprint density at radius 2 is 1.95 bits per heavy atom. The number of carbonyl (C=O) groups excluding carboxylic acids is 2. The van der Waals surface area contributed by atoms with Crippen molar-refractivity contribution in [1.29, 1.82) is 0 Å². The highest BCUT2D eigenvalue weighted by atomic mass is 16.6. The number of ether oxygens (including phenoxy) is 2. The predicted octanol–water partition coefficient (Wildman–Crippen LogP) is 1.27. The zero-order valence-electron chi connectivity index (χ0n) is 12.1. The lowest BCUT2D eigenvalue weighted by molar-refractivity contribution is -0.153. The Kier molecular flexibility index (Phi) is 4.98. The highest BCUT2D eigenvalue weighted by molar-refractivity contribution is 5.88. The van der Waals surface area contributed by atoms with Crippen LogP contribution in [0.2, 0.25) is 0 Å². The molecule has 1 aliphatic rings. The van der Waals surface area contributed by atoms with Gasteiger partial charge in [0.05, 0.1) is 13.0 Å². The van der Waals surface area contributed by atoms with Gasteiger partial charge in [-0.05, 0) is 12.0 Å². The molecule has 0 aromatic heterocycles. The van der Waals surface area contributed by atoms with Crippen LogP contribution < -0.4 is 0 Å². The van der Waals surface area contributed by atoms with Crippen LogP contribution in [0.25, 0.3) is 0 Å². The van der Waals surface area contributed by atoms with Crippen LogP contribution >= 0.6 is 0 Å². The topological polar surface area (TPSA) is 93.1 Å². The minimum absolute atomic E-state index is 0.0470. The molecule has 7 nitrogen and oxygen atoms in total. The first-order chi connectivity index (χ1) is 10.5. The summed E-state index contributed by atoms with van der Waals surface area (Å²) < 4.78 is 9.72. The number of carboxylic acids is 1. The molecular weight excluding hydrogens is 290 g/mol. The van der Waals surface area contributed by atoms with Crippen LogP contribution in [0.4, 0.5) is 4.79 Å². The Hall–Kier alpha value is -2.57. The average molecular weight is 307 g/mol. The van der Waals surface area contributed by atoms with Crippen LogP contribution in [-0.4, -0.2) is 47.7 Å². The second-order valence-electron chi connectivity index (χ2n) is 4.93. The summed E-state index contributed by atoms with van der Waals surface area (Å²) in [6.07, 6.45) is -0.507. The molecule has 1 N–H and O–H groups in total. The number of carbonyl (C=O) groups is 3. The number of carboxylic acid groups (broad SMARTS) is 1. The molecule has 0 radical (unpaired) electrons. The lowest BCUT2D eigenvalue weighted by Gasteiger charge is -2.23. The summed E-state index contributed by atoms with van der Waals surface area (Å²) in [5, 5.41) is 9.28. The van der Waals surface area contributed by atoms with Crippen LogP contribution in [0.15, 0.2) is 30.3 Å². The number of nitrogens with zero attached hydrogens (tertiary/aromatic N) is 1. The van der Waals surface area contributed by atoms with Gasteiger partial charge < -0.3 is 14.6 Å². The molecule has 2 rings (SSSR count). The number of hydrogen-bond acceptors (Lipinski definition) is 5. The molecule has 1 aromatic carbocycles. The summed E-state index contributed by atoms with van der Waals surface area (Å²) >= 11 is 0. The number of amides is 1. The van der Waals surface area contributed by atoms with Crippen molar-refractivity contribution in [2.45, 2.75) is 19.1 Å². The number of likely N-dealkylation sites (tertiary alicyclic amines) is 1. The third-order valence-corrected chi connectivity index (χ3v) is 3.59. The normalized spacial score (nSPS) is 20.5. The number of esters is 1. The smallest absolute Gasteiger partial charge is 0.410 e. The number of rotatable bonds is 4. The molecule has 118 valence electrons. The van der Waals surface area contributed by atoms with E-state index in [2.05, 4.69) is 4.74 Å². The quantitative estimate of drug-likeness (QED) is 0.842. The minimum Gasteiger partial charge on any atom is -0.480 e. The molecule has 1 amide bonds. The Balaban J connectivity index is 2.02. The zero-order valence-corrected chi connectivity index (χ0v) is 12.1. The molecule has 0 aliphatic carbocycles. The van der Waals surface area contributed by atoms with E-state index in [1.165, 1.54) is 7.11 Å². The molecule has 2 atom stereocenters. The highest BCUT2D eigenvalue weighted by Crippen LogP contribution is 2.26. The summed E-state index contributed by atoms with van der Waals surface area (Å²) in [6, 6.07) is 7.80. The van der Waals surface area contributed by atoms with Gasteiger partial charge in [0, 0.05) is 6.54 Å². The Labute approximate surface area is 127 Å². The van der Waals surface area contributed by atoms with Gasteiger partial charge >= 0.3 is 18.0 Å². The molecule has 1 saturated heterocycles. The molecule has 1 fully saturated rings. The second-order valence-corrected chi connectivity index (χ2v) is 4.93. The summed E-state index contributed by atoms with van der Waals surface area (Å²) in [4.78, 5) is 36.1. The van der Waals surface area contributed by atoms with Gasteiger partial charge in [0.25, 0.3) is 0 Å². The monoisotopic (exact) mass is 307 g/mol. The number of benzene rings is 1. The lowest BCUT2D eigenvalue weighted by atomic mass is 10.0. The maximum atomic E-state index is 12.1. The molecule has 0 unspecified atom stereocenters. The third kappa shape index (κ3) is 3.36. The van der Waals surface area contributed by atoms with Crippen molar-refractivity contribution < 1.29 is 29.0 Å². The third-order valence-electron chi connectivity index (χ3n) is 3.59. The maximum Gasteiger partial charge on any atom is 0.410 e. The van der Waals surface area contributed by atoms with Crippen LogP contribution in [0.1, 0.15) is 12.0 Å². The molecule has 1 heterocycles.